The molecule has 0 saturated carbocycles. The summed E-state index contributed by atoms with van der Waals surface area (Å²) in [7, 11) is 1.31. The summed E-state index contributed by atoms with van der Waals surface area (Å²) in [5.74, 6) is 0. The van der Waals surface area contributed by atoms with Gasteiger partial charge in [0.25, 0.3) is 0 Å². The van der Waals surface area contributed by atoms with Crippen LogP contribution in [-0.2, 0) is 9.47 Å². The van der Waals surface area contributed by atoms with Gasteiger partial charge in [-0.3, -0.25) is 0 Å². The molecule has 0 aromatic rings. The van der Waals surface area contributed by atoms with Crippen LogP contribution in [0.5, 0.6) is 0 Å². The third-order valence-corrected chi connectivity index (χ3v) is 2.06. The van der Waals surface area contributed by atoms with Crippen LogP contribution in [0.15, 0.2) is 0 Å². The molecule has 1 rings (SSSR count). The fourth-order valence-electron chi connectivity index (χ4n) is 1.29. The van der Waals surface area contributed by atoms with Crippen molar-refractivity contribution in [1.82, 2.24) is 0 Å². The molecule has 5 atom stereocenters. The summed E-state index contributed by atoms with van der Waals surface area (Å²) in [5, 5.41) is 36.4. The van der Waals surface area contributed by atoms with Crippen molar-refractivity contribution in [2.75, 3.05) is 13.7 Å². The number of ether oxygens (including phenoxy) is 2. The molecule has 13 heavy (non-hydrogen) atoms. The summed E-state index contributed by atoms with van der Waals surface area (Å²) in [5.41, 5.74) is 0. The molecule has 0 bridgehead atoms. The van der Waals surface area contributed by atoms with Crippen LogP contribution in [-0.4, -0.2) is 64.8 Å². The summed E-state index contributed by atoms with van der Waals surface area (Å²) < 4.78 is 9.65. The first-order valence-electron chi connectivity index (χ1n) is 3.95. The Morgan fingerprint density at radius 1 is 1.38 bits per heavy atom. The van der Waals surface area contributed by atoms with Crippen LogP contribution in [0.25, 0.3) is 0 Å². The zero-order chi connectivity index (χ0) is 10.0. The maximum atomic E-state index is 9.33. The summed E-state index contributed by atoms with van der Waals surface area (Å²) >= 11 is 0. The van der Waals surface area contributed by atoms with Crippen molar-refractivity contribution in [3.05, 3.63) is 0 Å². The van der Waals surface area contributed by atoms with Gasteiger partial charge < -0.3 is 29.9 Å². The van der Waals surface area contributed by atoms with Crippen LogP contribution < -0.4 is 0 Å². The topological polar surface area (TPSA) is 99.4 Å². The van der Waals surface area contributed by atoms with Crippen LogP contribution in [0, 0.1) is 0 Å². The Balaban J connectivity index is 2.60. The van der Waals surface area contributed by atoms with Crippen LogP contribution in [0.2, 0.25) is 0 Å². The fourth-order valence-corrected chi connectivity index (χ4v) is 1.29. The Labute approximate surface area is 75.3 Å². The molecule has 78 valence electrons. The number of aliphatic hydroxyl groups is 4. The van der Waals surface area contributed by atoms with Crippen molar-refractivity contribution in [2.45, 2.75) is 30.7 Å². The van der Waals surface area contributed by atoms with Crippen molar-refractivity contribution < 1.29 is 29.9 Å². The van der Waals surface area contributed by atoms with E-state index in [-0.39, 0.29) is 0 Å². The van der Waals surface area contributed by atoms with E-state index in [1.54, 1.807) is 0 Å². The molecule has 0 amide bonds. The van der Waals surface area contributed by atoms with E-state index in [2.05, 4.69) is 0 Å². The molecule has 4 N–H and O–H groups in total. The standard InChI is InChI=1S/C7H14O6/c1-12-7-5(11)4(10)6(13-7)3(9)2-8/h3-11H,2H2,1H3/t3-,4+,5-,6+,7?/m1/s1. The van der Waals surface area contributed by atoms with Gasteiger partial charge in [-0.2, -0.15) is 0 Å². The normalized spacial score (nSPS) is 42.2. The molecule has 1 heterocycles. The van der Waals surface area contributed by atoms with E-state index in [1.165, 1.54) is 7.11 Å². The smallest absolute Gasteiger partial charge is 0.186 e. The van der Waals surface area contributed by atoms with Crippen molar-refractivity contribution >= 4 is 0 Å². The molecule has 0 radical (unpaired) electrons. The maximum Gasteiger partial charge on any atom is 0.186 e. The van der Waals surface area contributed by atoms with E-state index in [0.717, 1.165) is 0 Å². The first kappa shape index (κ1) is 10.8. The minimum Gasteiger partial charge on any atom is -0.394 e. The number of methoxy groups -OCH3 is 1. The van der Waals surface area contributed by atoms with Crippen molar-refractivity contribution in [2.24, 2.45) is 0 Å². The average Bonchev–Trinajstić information content (AvgIpc) is 2.43. The monoisotopic (exact) mass is 194 g/mol. The van der Waals surface area contributed by atoms with Gasteiger partial charge in [0.2, 0.25) is 0 Å². The van der Waals surface area contributed by atoms with E-state index >= 15 is 0 Å². The molecular weight excluding hydrogens is 180 g/mol. The molecule has 0 spiro atoms. The minimum absolute atomic E-state index is 0.537. The molecule has 1 fully saturated rings. The van der Waals surface area contributed by atoms with E-state index in [1.807, 2.05) is 0 Å². The summed E-state index contributed by atoms with van der Waals surface area (Å²) in [4.78, 5) is 0. The van der Waals surface area contributed by atoms with Crippen molar-refractivity contribution in [3.8, 4) is 0 Å². The van der Waals surface area contributed by atoms with Gasteiger partial charge in [0, 0.05) is 7.11 Å². The third-order valence-electron chi connectivity index (χ3n) is 2.06. The van der Waals surface area contributed by atoms with E-state index in [9.17, 15) is 10.2 Å². The summed E-state index contributed by atoms with van der Waals surface area (Å²) in [6.07, 6.45) is -5.63. The van der Waals surface area contributed by atoms with Gasteiger partial charge in [-0.15, -0.1) is 0 Å². The summed E-state index contributed by atoms with van der Waals surface area (Å²) in [6.45, 7) is -0.537. The number of hydrogen-bond acceptors (Lipinski definition) is 6. The highest BCUT2D eigenvalue weighted by Gasteiger charge is 2.45. The molecular formula is C7H14O6. The Morgan fingerprint density at radius 3 is 2.38 bits per heavy atom. The van der Waals surface area contributed by atoms with E-state index in [0.29, 0.717) is 0 Å². The molecule has 0 aromatic carbocycles. The largest absolute Gasteiger partial charge is 0.394 e. The molecule has 1 unspecified atom stereocenters. The van der Waals surface area contributed by atoms with Crippen LogP contribution in [0.4, 0.5) is 0 Å². The SMILES string of the molecule is COC1O[C@@H]([C@H](O)CO)[C@@H](O)[C@H]1O. The van der Waals surface area contributed by atoms with Crippen molar-refractivity contribution in [3.63, 3.8) is 0 Å². The van der Waals surface area contributed by atoms with Gasteiger partial charge in [-0.25, -0.2) is 0 Å². The molecule has 1 saturated heterocycles. The molecule has 0 aromatic heterocycles. The quantitative estimate of drug-likeness (QED) is 0.394. The Bertz CT molecular complexity index is 163. The molecule has 1 aliphatic rings. The minimum atomic E-state index is -1.24. The lowest BCUT2D eigenvalue weighted by atomic mass is 10.1. The fraction of sp³-hybridized carbons (Fsp3) is 1.00. The second-order valence-corrected chi connectivity index (χ2v) is 2.94. The lowest BCUT2D eigenvalue weighted by molar-refractivity contribution is -0.166. The zero-order valence-corrected chi connectivity index (χ0v) is 7.20. The molecule has 6 nitrogen and oxygen atoms in total. The Kier molecular flexibility index (Phi) is 3.60. The van der Waals surface area contributed by atoms with E-state index in [4.69, 9.17) is 19.7 Å². The lowest BCUT2D eigenvalue weighted by Gasteiger charge is -2.18. The molecule has 6 heteroatoms. The first-order valence-corrected chi connectivity index (χ1v) is 3.95. The predicted molar refractivity (Wildman–Crippen MR) is 40.8 cm³/mol. The average molecular weight is 194 g/mol. The third kappa shape index (κ3) is 1.98. The highest BCUT2D eigenvalue weighted by molar-refractivity contribution is 4.90. The highest BCUT2D eigenvalue weighted by Crippen LogP contribution is 2.23. The molecule has 0 aliphatic carbocycles. The second kappa shape index (κ2) is 4.32. The van der Waals surface area contributed by atoms with Gasteiger partial charge in [0.15, 0.2) is 6.29 Å². The van der Waals surface area contributed by atoms with Crippen LogP contribution >= 0.6 is 0 Å². The maximum absolute atomic E-state index is 9.33. The zero-order valence-electron chi connectivity index (χ0n) is 7.20. The number of rotatable bonds is 3. The number of hydrogen-bond donors (Lipinski definition) is 4. The van der Waals surface area contributed by atoms with Gasteiger partial charge >= 0.3 is 0 Å². The summed E-state index contributed by atoms with van der Waals surface area (Å²) in [6, 6.07) is 0. The van der Waals surface area contributed by atoms with Crippen molar-refractivity contribution in [1.29, 1.82) is 0 Å². The highest BCUT2D eigenvalue weighted by atomic mass is 16.7. The Hall–Kier alpha value is -0.240. The van der Waals surface area contributed by atoms with Crippen LogP contribution in [0.3, 0.4) is 0 Å². The first-order chi connectivity index (χ1) is 6.11. The van der Waals surface area contributed by atoms with E-state index < -0.39 is 37.3 Å². The Morgan fingerprint density at radius 2 is 2.00 bits per heavy atom. The number of aliphatic hydroxyl groups excluding tert-OH is 4. The van der Waals surface area contributed by atoms with Gasteiger partial charge in [-0.1, -0.05) is 0 Å². The lowest BCUT2D eigenvalue weighted by Crippen LogP contribution is -2.40. The second-order valence-electron chi connectivity index (χ2n) is 2.94. The van der Waals surface area contributed by atoms with Gasteiger partial charge in [0.05, 0.1) is 6.61 Å². The van der Waals surface area contributed by atoms with Gasteiger partial charge in [-0.05, 0) is 0 Å². The van der Waals surface area contributed by atoms with Gasteiger partial charge in [0.1, 0.15) is 24.4 Å². The molecule has 1 aliphatic heterocycles. The predicted octanol–water partition coefficient (Wildman–Crippen LogP) is -2.57. The van der Waals surface area contributed by atoms with Crippen LogP contribution in [0.1, 0.15) is 0 Å².